The van der Waals surface area contributed by atoms with E-state index in [1.165, 1.54) is 12.1 Å². The molecular weight excluding hydrogens is 201 g/mol. The van der Waals surface area contributed by atoms with Crippen LogP contribution in [0.3, 0.4) is 0 Å². The highest BCUT2D eigenvalue weighted by molar-refractivity contribution is 7.99. The molecule has 1 rings (SSSR count). The van der Waals surface area contributed by atoms with Crippen LogP contribution in [0.4, 0.5) is 4.39 Å². The molecule has 0 aliphatic carbocycles. The van der Waals surface area contributed by atoms with Gasteiger partial charge in [-0.25, -0.2) is 4.39 Å². The van der Waals surface area contributed by atoms with Crippen molar-refractivity contribution in [3.05, 3.63) is 35.6 Å². The highest BCUT2D eigenvalue weighted by Crippen LogP contribution is 2.16. The Morgan fingerprint density at radius 1 is 1.50 bits per heavy atom. The molecular formula is C10H14FNOS. The molecule has 0 saturated heterocycles. The standard InChI is InChI=1S/C10H14FNOS/c11-9-3-1-2-8(6-9)10(12)7-14-5-4-13/h1-3,6,10,13H,4-5,7,12H2. The van der Waals surface area contributed by atoms with Crippen LogP contribution in [-0.4, -0.2) is 23.2 Å². The molecule has 0 saturated carbocycles. The summed E-state index contributed by atoms with van der Waals surface area (Å²) in [4.78, 5) is 0. The lowest BCUT2D eigenvalue weighted by atomic mass is 10.1. The Morgan fingerprint density at radius 3 is 2.93 bits per heavy atom. The van der Waals surface area contributed by atoms with E-state index >= 15 is 0 Å². The fourth-order valence-corrected chi connectivity index (χ4v) is 1.85. The number of thioether (sulfide) groups is 1. The summed E-state index contributed by atoms with van der Waals surface area (Å²) in [6, 6.07) is 6.15. The molecule has 0 fully saturated rings. The highest BCUT2D eigenvalue weighted by atomic mass is 32.2. The van der Waals surface area contributed by atoms with Crippen molar-refractivity contribution >= 4 is 11.8 Å². The Balaban J connectivity index is 2.47. The first-order chi connectivity index (χ1) is 6.74. The first-order valence-electron chi connectivity index (χ1n) is 4.43. The number of hydrogen-bond donors (Lipinski definition) is 2. The number of nitrogens with two attached hydrogens (primary N) is 1. The van der Waals surface area contributed by atoms with Crippen molar-refractivity contribution in [1.29, 1.82) is 0 Å². The average Bonchev–Trinajstić information content (AvgIpc) is 2.18. The molecule has 0 aliphatic rings. The number of aliphatic hydroxyl groups is 1. The lowest BCUT2D eigenvalue weighted by molar-refractivity contribution is 0.322. The monoisotopic (exact) mass is 215 g/mol. The van der Waals surface area contributed by atoms with Crippen LogP contribution in [0.5, 0.6) is 0 Å². The van der Waals surface area contributed by atoms with E-state index in [0.29, 0.717) is 11.5 Å². The maximum Gasteiger partial charge on any atom is 0.123 e. The Morgan fingerprint density at radius 2 is 2.29 bits per heavy atom. The van der Waals surface area contributed by atoms with Gasteiger partial charge in [-0.05, 0) is 17.7 Å². The van der Waals surface area contributed by atoms with Gasteiger partial charge < -0.3 is 10.8 Å². The maximum atomic E-state index is 12.8. The van der Waals surface area contributed by atoms with Crippen LogP contribution in [0.1, 0.15) is 11.6 Å². The van der Waals surface area contributed by atoms with Crippen molar-refractivity contribution < 1.29 is 9.50 Å². The van der Waals surface area contributed by atoms with Gasteiger partial charge in [-0.1, -0.05) is 12.1 Å². The molecule has 1 aromatic carbocycles. The number of hydrogen-bond acceptors (Lipinski definition) is 3. The van der Waals surface area contributed by atoms with E-state index in [0.717, 1.165) is 5.56 Å². The number of aliphatic hydroxyl groups excluding tert-OH is 1. The molecule has 3 N–H and O–H groups in total. The van der Waals surface area contributed by atoms with Crippen LogP contribution >= 0.6 is 11.8 Å². The molecule has 78 valence electrons. The second-order valence-electron chi connectivity index (χ2n) is 2.96. The third-order valence-corrected chi connectivity index (χ3v) is 2.88. The number of halogens is 1. The topological polar surface area (TPSA) is 46.2 Å². The molecule has 0 radical (unpaired) electrons. The van der Waals surface area contributed by atoms with Crippen molar-refractivity contribution in [2.24, 2.45) is 5.73 Å². The Kier molecular flexibility index (Phi) is 4.93. The van der Waals surface area contributed by atoms with E-state index in [2.05, 4.69) is 0 Å². The van der Waals surface area contributed by atoms with Crippen LogP contribution < -0.4 is 5.73 Å². The largest absolute Gasteiger partial charge is 0.396 e. The SMILES string of the molecule is NC(CSCCO)c1cccc(F)c1. The van der Waals surface area contributed by atoms with E-state index in [-0.39, 0.29) is 18.5 Å². The zero-order valence-corrected chi connectivity index (χ0v) is 8.64. The molecule has 0 aromatic heterocycles. The smallest absolute Gasteiger partial charge is 0.123 e. The molecule has 2 nitrogen and oxygen atoms in total. The van der Waals surface area contributed by atoms with Crippen molar-refractivity contribution in [2.45, 2.75) is 6.04 Å². The maximum absolute atomic E-state index is 12.8. The fraction of sp³-hybridized carbons (Fsp3) is 0.400. The quantitative estimate of drug-likeness (QED) is 0.733. The molecule has 1 unspecified atom stereocenters. The van der Waals surface area contributed by atoms with E-state index < -0.39 is 0 Å². The lowest BCUT2D eigenvalue weighted by Crippen LogP contribution is -2.13. The Labute approximate surface area is 87.3 Å². The molecule has 14 heavy (non-hydrogen) atoms. The minimum Gasteiger partial charge on any atom is -0.396 e. The summed E-state index contributed by atoms with van der Waals surface area (Å²) in [5.74, 6) is 1.11. The van der Waals surface area contributed by atoms with Gasteiger partial charge in [0, 0.05) is 17.5 Å². The first kappa shape index (κ1) is 11.5. The molecule has 4 heteroatoms. The van der Waals surface area contributed by atoms with Gasteiger partial charge in [-0.2, -0.15) is 11.8 Å². The molecule has 1 atom stereocenters. The minimum atomic E-state index is -0.259. The van der Waals surface area contributed by atoms with Gasteiger partial charge in [-0.3, -0.25) is 0 Å². The molecule has 1 aromatic rings. The van der Waals surface area contributed by atoms with Crippen LogP contribution in [0.2, 0.25) is 0 Å². The van der Waals surface area contributed by atoms with Crippen molar-refractivity contribution in [1.82, 2.24) is 0 Å². The molecule has 0 bridgehead atoms. The van der Waals surface area contributed by atoms with Crippen molar-refractivity contribution in [3.8, 4) is 0 Å². The third-order valence-electron chi connectivity index (χ3n) is 1.81. The van der Waals surface area contributed by atoms with E-state index in [4.69, 9.17) is 10.8 Å². The second-order valence-corrected chi connectivity index (χ2v) is 4.11. The number of benzene rings is 1. The van der Waals surface area contributed by atoms with Gasteiger partial charge in [-0.15, -0.1) is 0 Å². The first-order valence-corrected chi connectivity index (χ1v) is 5.59. The minimum absolute atomic E-state index is 0.153. The lowest BCUT2D eigenvalue weighted by Gasteiger charge is -2.10. The van der Waals surface area contributed by atoms with Gasteiger partial charge in [0.05, 0.1) is 6.61 Å². The Hall–Kier alpha value is -0.580. The summed E-state index contributed by atoms with van der Waals surface area (Å²) in [5, 5.41) is 8.57. The summed E-state index contributed by atoms with van der Waals surface area (Å²) in [5.41, 5.74) is 6.64. The normalized spacial score (nSPS) is 12.8. The molecule has 0 amide bonds. The summed E-state index contributed by atoms with van der Waals surface area (Å²) in [6.07, 6.45) is 0. The van der Waals surface area contributed by atoms with Gasteiger partial charge in [0.15, 0.2) is 0 Å². The predicted octanol–water partition coefficient (Wildman–Crippen LogP) is 1.55. The zero-order valence-electron chi connectivity index (χ0n) is 7.82. The predicted molar refractivity (Wildman–Crippen MR) is 57.7 cm³/mol. The van der Waals surface area contributed by atoms with Gasteiger partial charge in [0.2, 0.25) is 0 Å². The summed E-state index contributed by atoms with van der Waals surface area (Å²) in [6.45, 7) is 0.153. The average molecular weight is 215 g/mol. The zero-order chi connectivity index (χ0) is 10.4. The molecule has 0 spiro atoms. The van der Waals surface area contributed by atoms with Crippen LogP contribution in [0.15, 0.2) is 24.3 Å². The van der Waals surface area contributed by atoms with Crippen LogP contribution in [0, 0.1) is 5.82 Å². The highest BCUT2D eigenvalue weighted by Gasteiger charge is 2.06. The van der Waals surface area contributed by atoms with Crippen molar-refractivity contribution in [3.63, 3.8) is 0 Å². The van der Waals surface area contributed by atoms with E-state index in [9.17, 15) is 4.39 Å². The summed E-state index contributed by atoms with van der Waals surface area (Å²) < 4.78 is 12.8. The Bertz CT molecular complexity index is 283. The van der Waals surface area contributed by atoms with Gasteiger partial charge in [0.1, 0.15) is 5.82 Å². The summed E-state index contributed by atoms with van der Waals surface area (Å²) >= 11 is 1.56. The van der Waals surface area contributed by atoms with Gasteiger partial charge >= 0.3 is 0 Å². The fourth-order valence-electron chi connectivity index (χ4n) is 1.11. The van der Waals surface area contributed by atoms with Crippen LogP contribution in [0.25, 0.3) is 0 Å². The number of rotatable bonds is 5. The third kappa shape index (κ3) is 3.65. The second kappa shape index (κ2) is 6.01. The van der Waals surface area contributed by atoms with E-state index in [1.54, 1.807) is 17.8 Å². The molecule has 0 heterocycles. The van der Waals surface area contributed by atoms with Crippen molar-refractivity contribution in [2.75, 3.05) is 18.1 Å². The van der Waals surface area contributed by atoms with Gasteiger partial charge in [0.25, 0.3) is 0 Å². The van der Waals surface area contributed by atoms with Crippen LogP contribution in [-0.2, 0) is 0 Å². The van der Waals surface area contributed by atoms with E-state index in [1.807, 2.05) is 6.07 Å². The summed E-state index contributed by atoms with van der Waals surface area (Å²) in [7, 11) is 0. The molecule has 0 aliphatic heterocycles.